The first-order valence-corrected chi connectivity index (χ1v) is 7.21. The van der Waals surface area contributed by atoms with Crippen LogP contribution in [0.4, 0.5) is 14.5 Å². The molecule has 0 heterocycles. The Hall–Kier alpha value is -2.32. The number of hydrogen-bond acceptors (Lipinski definition) is 3. The Bertz CT molecular complexity index is 807. The zero-order valence-corrected chi connectivity index (χ0v) is 11.3. The zero-order valence-electron chi connectivity index (χ0n) is 10.5. The molecule has 2 rings (SSSR count). The van der Waals surface area contributed by atoms with Crippen LogP contribution in [0.1, 0.15) is 10.4 Å². The third kappa shape index (κ3) is 3.61. The molecule has 3 N–H and O–H groups in total. The van der Waals surface area contributed by atoms with E-state index in [1.165, 1.54) is 12.1 Å². The first-order chi connectivity index (χ1) is 9.77. The topological polar surface area (TPSA) is 89.3 Å². The van der Waals surface area contributed by atoms with Gasteiger partial charge >= 0.3 is 0 Å². The number of carbonyl (C=O) groups excluding carboxylic acids is 1. The van der Waals surface area contributed by atoms with Gasteiger partial charge in [-0.2, -0.15) is 0 Å². The number of primary sulfonamides is 1. The minimum absolute atomic E-state index is 0.0420. The van der Waals surface area contributed by atoms with Crippen LogP contribution in [-0.2, 0) is 10.0 Å². The van der Waals surface area contributed by atoms with Gasteiger partial charge < -0.3 is 5.32 Å². The lowest BCUT2D eigenvalue weighted by molar-refractivity contribution is 0.102. The standard InChI is InChI=1S/C13H10F2N2O3S/c14-9-3-1-2-8(6-9)13(18)17-11-7-10(15)4-5-12(11)21(16,19)20/h1-7H,(H,17,18)(H2,16,19,20). The van der Waals surface area contributed by atoms with Gasteiger partial charge in [-0.05, 0) is 36.4 Å². The number of anilines is 1. The Morgan fingerprint density at radius 3 is 2.33 bits per heavy atom. The minimum Gasteiger partial charge on any atom is -0.321 e. The van der Waals surface area contributed by atoms with E-state index in [0.717, 1.165) is 30.3 Å². The molecule has 0 unspecified atom stereocenters. The molecule has 21 heavy (non-hydrogen) atoms. The molecule has 0 fully saturated rings. The van der Waals surface area contributed by atoms with E-state index in [2.05, 4.69) is 5.32 Å². The SMILES string of the molecule is NS(=O)(=O)c1ccc(F)cc1NC(=O)c1cccc(F)c1. The van der Waals surface area contributed by atoms with Crippen molar-refractivity contribution < 1.29 is 22.0 Å². The molecular formula is C13H10F2N2O3S. The number of benzene rings is 2. The van der Waals surface area contributed by atoms with Crippen LogP contribution in [0.2, 0.25) is 0 Å². The first kappa shape index (κ1) is 15.1. The summed E-state index contributed by atoms with van der Waals surface area (Å²) in [6.45, 7) is 0. The Morgan fingerprint density at radius 2 is 1.71 bits per heavy atom. The van der Waals surface area contributed by atoms with Gasteiger partial charge in [-0.1, -0.05) is 6.07 Å². The molecule has 8 heteroatoms. The van der Waals surface area contributed by atoms with Gasteiger partial charge in [-0.15, -0.1) is 0 Å². The lowest BCUT2D eigenvalue weighted by Crippen LogP contribution is -2.18. The van der Waals surface area contributed by atoms with Gasteiger partial charge in [0.15, 0.2) is 0 Å². The molecular weight excluding hydrogens is 302 g/mol. The highest BCUT2D eigenvalue weighted by atomic mass is 32.2. The van der Waals surface area contributed by atoms with E-state index >= 15 is 0 Å². The van der Waals surface area contributed by atoms with E-state index in [0.29, 0.717) is 0 Å². The number of carbonyl (C=O) groups is 1. The molecule has 0 spiro atoms. The van der Waals surface area contributed by atoms with Gasteiger partial charge in [-0.3, -0.25) is 4.79 Å². The zero-order chi connectivity index (χ0) is 15.6. The molecule has 0 aliphatic carbocycles. The summed E-state index contributed by atoms with van der Waals surface area (Å²) in [6, 6.07) is 7.41. The van der Waals surface area contributed by atoms with Crippen molar-refractivity contribution >= 4 is 21.6 Å². The molecule has 0 aliphatic rings. The Balaban J connectivity index is 2.40. The van der Waals surface area contributed by atoms with Crippen molar-refractivity contribution in [1.29, 1.82) is 0 Å². The Kier molecular flexibility index (Phi) is 4.01. The quantitative estimate of drug-likeness (QED) is 0.906. The molecule has 2 aromatic rings. The third-order valence-electron chi connectivity index (χ3n) is 2.58. The lowest BCUT2D eigenvalue weighted by Gasteiger charge is -2.10. The smallest absolute Gasteiger partial charge is 0.255 e. The largest absolute Gasteiger partial charge is 0.321 e. The van der Waals surface area contributed by atoms with E-state index in [1.807, 2.05) is 0 Å². The fraction of sp³-hybridized carbons (Fsp3) is 0. The monoisotopic (exact) mass is 312 g/mol. The van der Waals surface area contributed by atoms with E-state index in [-0.39, 0.29) is 11.3 Å². The van der Waals surface area contributed by atoms with Gasteiger partial charge in [-0.25, -0.2) is 22.3 Å². The summed E-state index contributed by atoms with van der Waals surface area (Å²) in [5, 5.41) is 7.18. The van der Waals surface area contributed by atoms with Gasteiger partial charge in [0.2, 0.25) is 10.0 Å². The molecule has 0 aromatic heterocycles. The van der Waals surface area contributed by atoms with Crippen molar-refractivity contribution in [2.75, 3.05) is 5.32 Å². The number of nitrogens with one attached hydrogen (secondary N) is 1. The van der Waals surface area contributed by atoms with Gasteiger partial charge in [0, 0.05) is 5.56 Å². The third-order valence-corrected chi connectivity index (χ3v) is 3.55. The normalized spacial score (nSPS) is 11.2. The molecule has 1 amide bonds. The van der Waals surface area contributed by atoms with Crippen LogP contribution in [0.25, 0.3) is 0 Å². The molecule has 0 saturated heterocycles. The first-order valence-electron chi connectivity index (χ1n) is 5.66. The Labute approximate surface area is 119 Å². The number of halogens is 2. The van der Waals surface area contributed by atoms with Crippen molar-refractivity contribution in [2.24, 2.45) is 5.14 Å². The summed E-state index contributed by atoms with van der Waals surface area (Å²) in [5.74, 6) is -2.17. The van der Waals surface area contributed by atoms with E-state index in [9.17, 15) is 22.0 Å². The number of amides is 1. The van der Waals surface area contributed by atoms with Crippen LogP contribution in [0.5, 0.6) is 0 Å². The van der Waals surface area contributed by atoms with Crippen LogP contribution in [0, 0.1) is 11.6 Å². The average molecular weight is 312 g/mol. The van der Waals surface area contributed by atoms with Crippen LogP contribution < -0.4 is 10.5 Å². The summed E-state index contributed by atoms with van der Waals surface area (Å²) in [5.41, 5.74) is -0.355. The second-order valence-electron chi connectivity index (χ2n) is 4.15. The Morgan fingerprint density at radius 1 is 1.05 bits per heavy atom. The molecule has 0 saturated carbocycles. The highest BCUT2D eigenvalue weighted by molar-refractivity contribution is 7.89. The summed E-state index contributed by atoms with van der Waals surface area (Å²) >= 11 is 0. The fourth-order valence-electron chi connectivity index (χ4n) is 1.67. The van der Waals surface area contributed by atoms with Gasteiger partial charge in [0.25, 0.3) is 5.91 Å². The number of sulfonamides is 1. The maximum Gasteiger partial charge on any atom is 0.255 e. The van der Waals surface area contributed by atoms with Crippen LogP contribution in [0.15, 0.2) is 47.4 Å². The fourth-order valence-corrected chi connectivity index (χ4v) is 2.35. The van der Waals surface area contributed by atoms with Crippen molar-refractivity contribution in [2.45, 2.75) is 4.90 Å². The van der Waals surface area contributed by atoms with E-state index < -0.39 is 32.5 Å². The van der Waals surface area contributed by atoms with Crippen molar-refractivity contribution in [3.05, 3.63) is 59.7 Å². The highest BCUT2D eigenvalue weighted by Gasteiger charge is 2.17. The van der Waals surface area contributed by atoms with Crippen molar-refractivity contribution in [3.63, 3.8) is 0 Å². The predicted molar refractivity (Wildman–Crippen MR) is 72.1 cm³/mol. The predicted octanol–water partition coefficient (Wildman–Crippen LogP) is 1.86. The van der Waals surface area contributed by atoms with Crippen LogP contribution >= 0.6 is 0 Å². The number of nitrogens with two attached hydrogens (primary N) is 1. The number of hydrogen-bond donors (Lipinski definition) is 2. The van der Waals surface area contributed by atoms with Crippen LogP contribution in [0.3, 0.4) is 0 Å². The summed E-state index contributed by atoms with van der Waals surface area (Å²) in [4.78, 5) is 11.5. The molecule has 0 aliphatic heterocycles. The highest BCUT2D eigenvalue weighted by Crippen LogP contribution is 2.22. The minimum atomic E-state index is -4.14. The summed E-state index contributed by atoms with van der Waals surface area (Å²) in [7, 11) is -4.14. The molecule has 110 valence electrons. The van der Waals surface area contributed by atoms with Crippen LogP contribution in [-0.4, -0.2) is 14.3 Å². The maximum absolute atomic E-state index is 13.2. The average Bonchev–Trinajstić information content (AvgIpc) is 2.37. The lowest BCUT2D eigenvalue weighted by atomic mass is 10.2. The second-order valence-corrected chi connectivity index (χ2v) is 5.68. The van der Waals surface area contributed by atoms with Crippen molar-refractivity contribution in [1.82, 2.24) is 0 Å². The second kappa shape index (κ2) is 5.58. The van der Waals surface area contributed by atoms with E-state index in [4.69, 9.17) is 5.14 Å². The van der Waals surface area contributed by atoms with Gasteiger partial charge in [0.05, 0.1) is 5.69 Å². The summed E-state index contributed by atoms with van der Waals surface area (Å²) < 4.78 is 49.0. The molecule has 5 nitrogen and oxygen atoms in total. The molecule has 2 aromatic carbocycles. The molecule has 0 bridgehead atoms. The molecule has 0 radical (unpaired) electrons. The summed E-state index contributed by atoms with van der Waals surface area (Å²) in [6.07, 6.45) is 0. The van der Waals surface area contributed by atoms with E-state index in [1.54, 1.807) is 0 Å². The number of rotatable bonds is 3. The molecule has 0 atom stereocenters. The van der Waals surface area contributed by atoms with Crippen molar-refractivity contribution in [3.8, 4) is 0 Å². The maximum atomic E-state index is 13.2. The van der Waals surface area contributed by atoms with Gasteiger partial charge in [0.1, 0.15) is 16.5 Å².